The first kappa shape index (κ1) is 19.7. The number of rotatable bonds is 6. The maximum atomic E-state index is 12.8. The van der Waals surface area contributed by atoms with Gasteiger partial charge in [-0.1, -0.05) is 0 Å². The van der Waals surface area contributed by atoms with Crippen LogP contribution in [0.4, 0.5) is 20.3 Å². The molecule has 0 saturated carbocycles. The molecule has 7 nitrogen and oxygen atoms in total. The lowest BCUT2D eigenvalue weighted by Crippen LogP contribution is -2.29. The Kier molecular flexibility index (Phi) is 5.84. The molecule has 1 aliphatic heterocycles. The Morgan fingerprint density at radius 2 is 2.00 bits per heavy atom. The number of pyridine rings is 2. The van der Waals surface area contributed by atoms with Gasteiger partial charge in [0, 0.05) is 38.0 Å². The predicted octanol–water partition coefficient (Wildman–Crippen LogP) is 2.65. The van der Waals surface area contributed by atoms with Gasteiger partial charge in [0.1, 0.15) is 18.8 Å². The molecular weight excluding hydrogens is 364 g/mol. The van der Waals surface area contributed by atoms with Gasteiger partial charge in [0.2, 0.25) is 0 Å². The van der Waals surface area contributed by atoms with Gasteiger partial charge in [0.25, 0.3) is 6.08 Å². The summed E-state index contributed by atoms with van der Waals surface area (Å²) in [6.45, 7) is 2.14. The van der Waals surface area contributed by atoms with Crippen LogP contribution in [-0.2, 0) is 0 Å². The highest BCUT2D eigenvalue weighted by atomic mass is 19.3. The minimum absolute atomic E-state index is 0.000219. The van der Waals surface area contributed by atoms with Gasteiger partial charge in [-0.15, -0.1) is 0 Å². The molecular formula is C19H23F2N7. The third-order valence-corrected chi connectivity index (χ3v) is 4.43. The van der Waals surface area contributed by atoms with Gasteiger partial charge in [-0.2, -0.15) is 13.9 Å². The van der Waals surface area contributed by atoms with Crippen molar-refractivity contribution in [1.82, 2.24) is 15.0 Å². The van der Waals surface area contributed by atoms with Crippen LogP contribution < -0.4 is 15.5 Å². The molecule has 28 heavy (non-hydrogen) atoms. The van der Waals surface area contributed by atoms with Crippen LogP contribution in [0.3, 0.4) is 0 Å². The molecule has 0 atom stereocenters. The molecule has 1 aliphatic rings. The van der Waals surface area contributed by atoms with E-state index >= 15 is 0 Å². The summed E-state index contributed by atoms with van der Waals surface area (Å²) in [5.41, 5.74) is 8.86. The Bertz CT molecular complexity index is 890. The van der Waals surface area contributed by atoms with E-state index in [1.165, 1.54) is 5.01 Å². The molecule has 0 aliphatic carbocycles. The highest BCUT2D eigenvalue weighted by Gasteiger charge is 2.19. The monoisotopic (exact) mass is 387 g/mol. The summed E-state index contributed by atoms with van der Waals surface area (Å²) in [6.07, 6.45) is 3.41. The zero-order chi connectivity index (χ0) is 20.3. The van der Waals surface area contributed by atoms with Gasteiger partial charge >= 0.3 is 0 Å². The van der Waals surface area contributed by atoms with Crippen molar-refractivity contribution in [1.29, 1.82) is 0 Å². The van der Waals surface area contributed by atoms with Gasteiger partial charge in [-0.25, -0.2) is 4.98 Å². The molecule has 0 radical (unpaired) electrons. The van der Waals surface area contributed by atoms with E-state index in [1.54, 1.807) is 18.7 Å². The van der Waals surface area contributed by atoms with Crippen molar-refractivity contribution in [3.8, 4) is 11.3 Å². The largest absolute Gasteiger partial charge is 0.363 e. The second-order valence-electron chi connectivity index (χ2n) is 6.73. The molecule has 0 unspecified atom stereocenters. The Morgan fingerprint density at radius 1 is 1.21 bits per heavy atom. The average molecular weight is 387 g/mol. The van der Waals surface area contributed by atoms with E-state index in [1.807, 2.05) is 49.0 Å². The summed E-state index contributed by atoms with van der Waals surface area (Å²) in [6, 6.07) is 5.93. The SMILES string of the molecule is Cc1cc(N2C=NN(CC(CN)=C(F)F)C2)cnc1-c1ccc(N(C)C)nc1. The van der Waals surface area contributed by atoms with E-state index in [0.717, 1.165) is 28.3 Å². The Labute approximate surface area is 162 Å². The van der Waals surface area contributed by atoms with Crippen LogP contribution in [0.1, 0.15) is 5.56 Å². The minimum atomic E-state index is -1.74. The second-order valence-corrected chi connectivity index (χ2v) is 6.73. The fourth-order valence-electron chi connectivity index (χ4n) is 2.86. The second kappa shape index (κ2) is 8.30. The normalized spacial score (nSPS) is 13.2. The summed E-state index contributed by atoms with van der Waals surface area (Å²) in [5.74, 6) is 0.877. The van der Waals surface area contributed by atoms with Gasteiger partial charge in [0.15, 0.2) is 0 Å². The Hall–Kier alpha value is -3.07. The van der Waals surface area contributed by atoms with E-state index < -0.39 is 6.08 Å². The number of aryl methyl sites for hydroxylation is 1. The van der Waals surface area contributed by atoms with Crippen LogP contribution in [0.15, 0.2) is 47.3 Å². The molecule has 0 amide bonds. The first-order valence-electron chi connectivity index (χ1n) is 8.78. The van der Waals surface area contributed by atoms with Crippen LogP contribution in [0.25, 0.3) is 11.3 Å². The Morgan fingerprint density at radius 3 is 2.57 bits per heavy atom. The number of hydrogen-bond acceptors (Lipinski definition) is 7. The fourth-order valence-corrected chi connectivity index (χ4v) is 2.86. The molecule has 0 spiro atoms. The quantitative estimate of drug-likeness (QED) is 0.822. The average Bonchev–Trinajstić information content (AvgIpc) is 3.14. The predicted molar refractivity (Wildman–Crippen MR) is 107 cm³/mol. The van der Waals surface area contributed by atoms with E-state index in [-0.39, 0.29) is 18.7 Å². The van der Waals surface area contributed by atoms with Gasteiger partial charge in [-0.05, 0) is 30.7 Å². The molecule has 0 saturated heterocycles. The zero-order valence-corrected chi connectivity index (χ0v) is 16.1. The molecule has 3 heterocycles. The summed E-state index contributed by atoms with van der Waals surface area (Å²) in [5, 5.41) is 5.71. The van der Waals surface area contributed by atoms with E-state index in [0.29, 0.717) is 6.67 Å². The van der Waals surface area contributed by atoms with Crippen molar-refractivity contribution < 1.29 is 8.78 Å². The first-order valence-corrected chi connectivity index (χ1v) is 8.78. The minimum Gasteiger partial charge on any atom is -0.363 e. The topological polar surface area (TPSA) is 73.9 Å². The number of anilines is 2. The molecule has 3 rings (SSSR count). The maximum Gasteiger partial charge on any atom is 0.272 e. The highest BCUT2D eigenvalue weighted by molar-refractivity contribution is 5.81. The van der Waals surface area contributed by atoms with Crippen molar-refractivity contribution in [3.05, 3.63) is 47.8 Å². The van der Waals surface area contributed by atoms with Crippen LogP contribution in [0, 0.1) is 6.92 Å². The molecule has 2 aromatic heterocycles. The maximum absolute atomic E-state index is 12.8. The molecule has 9 heteroatoms. The third-order valence-electron chi connectivity index (χ3n) is 4.43. The number of nitrogens with two attached hydrogens (primary N) is 1. The molecule has 0 bridgehead atoms. The molecule has 2 N–H and O–H groups in total. The summed E-state index contributed by atoms with van der Waals surface area (Å²) in [7, 11) is 3.88. The van der Waals surface area contributed by atoms with Gasteiger partial charge < -0.3 is 15.5 Å². The van der Waals surface area contributed by atoms with Crippen molar-refractivity contribution in [2.45, 2.75) is 6.92 Å². The van der Waals surface area contributed by atoms with Crippen LogP contribution >= 0.6 is 0 Å². The molecule has 2 aromatic rings. The smallest absolute Gasteiger partial charge is 0.272 e. The molecule has 148 valence electrons. The van der Waals surface area contributed by atoms with Crippen molar-refractivity contribution in [2.24, 2.45) is 10.8 Å². The Balaban J connectivity index is 1.73. The summed E-state index contributed by atoms with van der Waals surface area (Å²) < 4.78 is 25.6. The van der Waals surface area contributed by atoms with Crippen LogP contribution in [0.5, 0.6) is 0 Å². The lowest BCUT2D eigenvalue weighted by Gasteiger charge is -2.20. The summed E-state index contributed by atoms with van der Waals surface area (Å²) in [4.78, 5) is 12.8. The van der Waals surface area contributed by atoms with Crippen molar-refractivity contribution >= 4 is 17.8 Å². The number of hydrazone groups is 1. The van der Waals surface area contributed by atoms with Crippen molar-refractivity contribution in [3.63, 3.8) is 0 Å². The fraction of sp³-hybridized carbons (Fsp3) is 0.316. The molecule has 0 aromatic carbocycles. The number of nitrogens with zero attached hydrogens (tertiary/aromatic N) is 6. The number of hydrogen-bond donors (Lipinski definition) is 1. The molecule has 0 fully saturated rings. The standard InChI is InChI=1S/C19H23F2N7/c1-13-6-16(27-11-25-28(12-27)10-15(7-22)19(20)21)9-24-18(13)14-4-5-17(23-8-14)26(2)3/h4-6,8-9,11H,7,10,12,22H2,1-3H3. The number of halogens is 2. The first-order chi connectivity index (χ1) is 13.4. The third kappa shape index (κ3) is 4.25. The van der Waals surface area contributed by atoms with Crippen molar-refractivity contribution in [2.75, 3.05) is 43.7 Å². The lowest BCUT2D eigenvalue weighted by molar-refractivity contribution is 0.326. The van der Waals surface area contributed by atoms with Gasteiger partial charge in [-0.3, -0.25) is 9.99 Å². The highest BCUT2D eigenvalue weighted by Crippen LogP contribution is 2.26. The zero-order valence-electron chi connectivity index (χ0n) is 16.1. The van der Waals surface area contributed by atoms with E-state index in [2.05, 4.69) is 15.1 Å². The summed E-state index contributed by atoms with van der Waals surface area (Å²) >= 11 is 0. The van der Waals surface area contributed by atoms with Crippen LogP contribution in [-0.4, -0.2) is 55.2 Å². The van der Waals surface area contributed by atoms with E-state index in [4.69, 9.17) is 5.73 Å². The van der Waals surface area contributed by atoms with E-state index in [9.17, 15) is 8.78 Å². The van der Waals surface area contributed by atoms with Crippen LogP contribution in [0.2, 0.25) is 0 Å². The lowest BCUT2D eigenvalue weighted by atomic mass is 10.1. The van der Waals surface area contributed by atoms with Gasteiger partial charge in [0.05, 0.1) is 24.1 Å². The number of aromatic nitrogens is 2.